The molecule has 0 radical (unpaired) electrons. The third-order valence-corrected chi connectivity index (χ3v) is 4.04. The number of carbonyl (C=O) groups is 1. The molecule has 0 saturated heterocycles. The van der Waals surface area contributed by atoms with Gasteiger partial charge >= 0.3 is 0 Å². The highest BCUT2D eigenvalue weighted by Gasteiger charge is 2.12. The molecule has 6 heteroatoms. The van der Waals surface area contributed by atoms with Crippen molar-refractivity contribution in [2.45, 2.75) is 27.0 Å². The van der Waals surface area contributed by atoms with Gasteiger partial charge in [0.15, 0.2) is 5.69 Å². The number of aromatic nitrogens is 3. The lowest BCUT2D eigenvalue weighted by Gasteiger charge is -2.10. The summed E-state index contributed by atoms with van der Waals surface area (Å²) < 4.78 is 7.07. The summed E-state index contributed by atoms with van der Waals surface area (Å²) in [6.07, 6.45) is 1.63. The van der Waals surface area contributed by atoms with E-state index < -0.39 is 0 Å². The van der Waals surface area contributed by atoms with Crippen LogP contribution in [0.5, 0.6) is 0 Å². The smallest absolute Gasteiger partial charge is 0.273 e. The Hall–Kier alpha value is -2.99. The quantitative estimate of drug-likeness (QED) is 0.711. The fraction of sp³-hybridized carbons (Fsp3) is 0.250. The number of nitrogens with one attached hydrogen (secondary N) is 1. The molecule has 1 N–H and O–H groups in total. The summed E-state index contributed by atoms with van der Waals surface area (Å²) >= 11 is 0. The molecule has 0 aliphatic rings. The number of amides is 1. The van der Waals surface area contributed by atoms with Crippen molar-refractivity contribution in [2.75, 3.05) is 6.61 Å². The van der Waals surface area contributed by atoms with Crippen molar-refractivity contribution in [3.05, 3.63) is 77.1 Å². The van der Waals surface area contributed by atoms with Crippen LogP contribution >= 0.6 is 0 Å². The average molecular weight is 350 g/mol. The lowest BCUT2D eigenvalue weighted by molar-refractivity contribution is 0.0944. The van der Waals surface area contributed by atoms with Crippen molar-refractivity contribution in [3.63, 3.8) is 0 Å². The minimum Gasteiger partial charge on any atom is -0.377 e. The van der Waals surface area contributed by atoms with Gasteiger partial charge in [0.25, 0.3) is 5.91 Å². The molecule has 1 aromatic heterocycles. The van der Waals surface area contributed by atoms with Crippen LogP contribution in [-0.4, -0.2) is 27.5 Å². The van der Waals surface area contributed by atoms with Gasteiger partial charge in [0.05, 0.1) is 18.5 Å². The molecule has 6 nitrogen and oxygen atoms in total. The summed E-state index contributed by atoms with van der Waals surface area (Å²) in [5, 5.41) is 10.9. The van der Waals surface area contributed by atoms with Crippen molar-refractivity contribution in [2.24, 2.45) is 0 Å². The maximum Gasteiger partial charge on any atom is 0.273 e. The third kappa shape index (κ3) is 4.34. The minimum absolute atomic E-state index is 0.255. The Labute approximate surface area is 152 Å². The Morgan fingerprint density at radius 3 is 2.58 bits per heavy atom. The van der Waals surface area contributed by atoms with Crippen LogP contribution in [0.15, 0.2) is 54.7 Å². The van der Waals surface area contributed by atoms with E-state index in [0.29, 0.717) is 19.8 Å². The van der Waals surface area contributed by atoms with Gasteiger partial charge in [0, 0.05) is 13.2 Å². The molecule has 3 rings (SSSR count). The summed E-state index contributed by atoms with van der Waals surface area (Å²) in [5.41, 5.74) is 4.41. The zero-order valence-corrected chi connectivity index (χ0v) is 15.0. The van der Waals surface area contributed by atoms with Gasteiger partial charge in [-0.3, -0.25) is 4.79 Å². The third-order valence-electron chi connectivity index (χ3n) is 4.04. The Morgan fingerprint density at radius 2 is 1.85 bits per heavy atom. The molecule has 0 bridgehead atoms. The maximum atomic E-state index is 12.4. The first-order chi connectivity index (χ1) is 12.7. The van der Waals surface area contributed by atoms with E-state index in [-0.39, 0.29) is 11.6 Å². The number of nitrogens with zero attached hydrogens (tertiary/aromatic N) is 3. The molecule has 0 unspecified atom stereocenters. The first-order valence-corrected chi connectivity index (χ1v) is 8.59. The first-order valence-electron chi connectivity index (χ1n) is 8.59. The second-order valence-electron chi connectivity index (χ2n) is 5.97. The van der Waals surface area contributed by atoms with E-state index in [0.717, 1.165) is 22.4 Å². The average Bonchev–Trinajstić information content (AvgIpc) is 3.16. The number of ether oxygens (including phenoxy) is 1. The predicted molar refractivity (Wildman–Crippen MR) is 99.0 cm³/mol. The van der Waals surface area contributed by atoms with Crippen molar-refractivity contribution < 1.29 is 9.53 Å². The van der Waals surface area contributed by atoms with E-state index in [9.17, 15) is 4.79 Å². The molecule has 0 spiro atoms. The first kappa shape index (κ1) is 17.8. The van der Waals surface area contributed by atoms with Crippen LogP contribution in [-0.2, 0) is 17.9 Å². The fourth-order valence-corrected chi connectivity index (χ4v) is 2.54. The molecule has 0 saturated carbocycles. The molecule has 1 heterocycles. The normalized spacial score (nSPS) is 10.7. The van der Waals surface area contributed by atoms with Gasteiger partial charge in [-0.05, 0) is 37.1 Å². The highest BCUT2D eigenvalue weighted by Crippen LogP contribution is 2.11. The van der Waals surface area contributed by atoms with Gasteiger partial charge in [-0.25, -0.2) is 4.68 Å². The number of rotatable bonds is 7. The standard InChI is InChI=1S/C20H22N4O2/c1-3-26-14-17-7-5-4-6-16(17)12-21-20(25)19-13-24(23-22-19)18-10-8-15(2)9-11-18/h4-11,13H,3,12,14H2,1-2H3,(H,21,25). The van der Waals surface area contributed by atoms with Crippen LogP contribution in [0, 0.1) is 6.92 Å². The second-order valence-corrected chi connectivity index (χ2v) is 5.97. The molecular weight excluding hydrogens is 328 g/mol. The maximum absolute atomic E-state index is 12.4. The fourth-order valence-electron chi connectivity index (χ4n) is 2.54. The Balaban J connectivity index is 1.65. The number of benzene rings is 2. The molecule has 0 fully saturated rings. The van der Waals surface area contributed by atoms with Crippen LogP contribution in [0.25, 0.3) is 5.69 Å². The van der Waals surface area contributed by atoms with Gasteiger partial charge in [0.2, 0.25) is 0 Å². The monoisotopic (exact) mass is 350 g/mol. The van der Waals surface area contributed by atoms with E-state index in [2.05, 4.69) is 15.6 Å². The number of aryl methyl sites for hydroxylation is 1. The SMILES string of the molecule is CCOCc1ccccc1CNC(=O)c1cn(-c2ccc(C)cc2)nn1. The van der Waals surface area contributed by atoms with E-state index in [4.69, 9.17) is 4.74 Å². The number of hydrogen-bond donors (Lipinski definition) is 1. The summed E-state index contributed by atoms with van der Waals surface area (Å²) in [7, 11) is 0. The zero-order valence-electron chi connectivity index (χ0n) is 15.0. The molecule has 134 valence electrons. The van der Waals surface area contributed by atoms with Crippen LogP contribution in [0.4, 0.5) is 0 Å². The van der Waals surface area contributed by atoms with Crippen LogP contribution in [0.3, 0.4) is 0 Å². The van der Waals surface area contributed by atoms with Crippen molar-refractivity contribution in [3.8, 4) is 5.69 Å². The van der Waals surface area contributed by atoms with Crippen LogP contribution in [0.1, 0.15) is 34.1 Å². The van der Waals surface area contributed by atoms with Crippen molar-refractivity contribution in [1.29, 1.82) is 0 Å². The molecule has 0 aliphatic carbocycles. The van der Waals surface area contributed by atoms with Gasteiger partial charge in [-0.1, -0.05) is 47.2 Å². The van der Waals surface area contributed by atoms with Gasteiger partial charge < -0.3 is 10.1 Å². The van der Waals surface area contributed by atoms with E-state index >= 15 is 0 Å². The summed E-state index contributed by atoms with van der Waals surface area (Å²) in [4.78, 5) is 12.4. The molecule has 3 aromatic rings. The van der Waals surface area contributed by atoms with Gasteiger partial charge in [0.1, 0.15) is 0 Å². The summed E-state index contributed by atoms with van der Waals surface area (Å²) in [6, 6.07) is 15.8. The lowest BCUT2D eigenvalue weighted by Crippen LogP contribution is -2.23. The van der Waals surface area contributed by atoms with Crippen molar-refractivity contribution >= 4 is 5.91 Å². The molecule has 2 aromatic carbocycles. The predicted octanol–water partition coefficient (Wildman–Crippen LogP) is 3.04. The highest BCUT2D eigenvalue weighted by atomic mass is 16.5. The molecule has 0 aliphatic heterocycles. The number of carbonyl (C=O) groups excluding carboxylic acids is 1. The Bertz CT molecular complexity index is 872. The molecule has 1 amide bonds. The topological polar surface area (TPSA) is 69.0 Å². The molecular formula is C20H22N4O2. The van der Waals surface area contributed by atoms with Gasteiger partial charge in [-0.15, -0.1) is 5.10 Å². The zero-order chi connectivity index (χ0) is 18.4. The second kappa shape index (κ2) is 8.40. The van der Waals surface area contributed by atoms with E-state index in [1.54, 1.807) is 10.9 Å². The van der Waals surface area contributed by atoms with E-state index in [1.165, 1.54) is 0 Å². The minimum atomic E-state index is -0.255. The Morgan fingerprint density at radius 1 is 1.12 bits per heavy atom. The molecule has 0 atom stereocenters. The van der Waals surface area contributed by atoms with Crippen LogP contribution < -0.4 is 5.32 Å². The highest BCUT2D eigenvalue weighted by molar-refractivity contribution is 5.91. The lowest BCUT2D eigenvalue weighted by atomic mass is 10.1. The van der Waals surface area contributed by atoms with Crippen LogP contribution in [0.2, 0.25) is 0 Å². The van der Waals surface area contributed by atoms with Gasteiger partial charge in [-0.2, -0.15) is 0 Å². The molecule has 26 heavy (non-hydrogen) atoms. The van der Waals surface area contributed by atoms with E-state index in [1.807, 2.05) is 62.4 Å². The number of hydrogen-bond acceptors (Lipinski definition) is 4. The Kier molecular flexibility index (Phi) is 5.76. The summed E-state index contributed by atoms with van der Waals surface area (Å²) in [6.45, 7) is 5.59. The van der Waals surface area contributed by atoms with Crippen molar-refractivity contribution in [1.82, 2.24) is 20.3 Å². The largest absolute Gasteiger partial charge is 0.377 e. The summed E-state index contributed by atoms with van der Waals surface area (Å²) in [5.74, 6) is -0.255.